The second kappa shape index (κ2) is 6.76. The third-order valence-electron chi connectivity index (χ3n) is 4.70. The fourth-order valence-electron chi connectivity index (χ4n) is 3.31. The van der Waals surface area contributed by atoms with Crippen molar-refractivity contribution in [3.05, 3.63) is 36.5 Å². The zero-order valence-corrected chi connectivity index (χ0v) is 14.3. The summed E-state index contributed by atoms with van der Waals surface area (Å²) in [4.78, 5) is 18.3. The number of anilines is 1. The second-order valence-electron chi connectivity index (χ2n) is 6.49. The van der Waals surface area contributed by atoms with Crippen LogP contribution in [0.4, 0.5) is 19.0 Å². The van der Waals surface area contributed by atoms with Crippen molar-refractivity contribution in [1.82, 2.24) is 24.3 Å². The predicted molar refractivity (Wildman–Crippen MR) is 91.0 cm³/mol. The van der Waals surface area contributed by atoms with E-state index in [2.05, 4.69) is 24.8 Å². The van der Waals surface area contributed by atoms with Gasteiger partial charge in [0.15, 0.2) is 17.2 Å². The molecule has 1 unspecified atom stereocenters. The van der Waals surface area contributed by atoms with E-state index in [4.69, 9.17) is 5.11 Å². The van der Waals surface area contributed by atoms with Gasteiger partial charge in [-0.25, -0.2) is 19.9 Å². The minimum atomic E-state index is -4.55. The Bertz CT molecular complexity index is 957. The topological polar surface area (TPSA) is 79.4 Å². The third kappa shape index (κ3) is 3.44. The van der Waals surface area contributed by atoms with Crippen molar-refractivity contribution in [3.8, 4) is 11.5 Å². The normalized spacial score (nSPS) is 17.8. The van der Waals surface area contributed by atoms with Crippen LogP contribution in [0.3, 0.4) is 0 Å². The first-order valence-electron chi connectivity index (χ1n) is 8.55. The Hall–Kier alpha value is -2.75. The number of aliphatic hydroxyl groups is 1. The summed E-state index contributed by atoms with van der Waals surface area (Å²) in [7, 11) is 0. The summed E-state index contributed by atoms with van der Waals surface area (Å²) in [5.74, 6) is 1.41. The van der Waals surface area contributed by atoms with Gasteiger partial charge in [-0.2, -0.15) is 13.2 Å². The molecule has 1 fully saturated rings. The highest BCUT2D eigenvalue weighted by Crippen LogP contribution is 2.29. The van der Waals surface area contributed by atoms with Gasteiger partial charge in [-0.3, -0.25) is 4.40 Å². The van der Waals surface area contributed by atoms with Gasteiger partial charge in [-0.1, -0.05) is 0 Å². The average molecular weight is 378 g/mol. The van der Waals surface area contributed by atoms with E-state index in [0.717, 1.165) is 38.3 Å². The van der Waals surface area contributed by atoms with Gasteiger partial charge in [0.25, 0.3) is 0 Å². The van der Waals surface area contributed by atoms with E-state index in [1.807, 2.05) is 0 Å². The Kier molecular flexibility index (Phi) is 4.42. The summed E-state index contributed by atoms with van der Waals surface area (Å²) in [5.41, 5.74) is -0.348. The number of rotatable bonds is 4. The molecular formula is C17H17F3N6O. The SMILES string of the molecule is OCCC1CCN(c2ccnc(-c3cnc4cnc(C(F)(F)F)cn34)n2)C1. The number of aliphatic hydroxyl groups excluding tert-OH is 1. The van der Waals surface area contributed by atoms with E-state index in [1.54, 1.807) is 12.3 Å². The second-order valence-corrected chi connectivity index (χ2v) is 6.49. The number of imidazole rings is 1. The first kappa shape index (κ1) is 17.7. The Balaban J connectivity index is 1.68. The lowest BCUT2D eigenvalue weighted by molar-refractivity contribution is -0.141. The molecule has 1 N–H and O–H groups in total. The van der Waals surface area contributed by atoms with Crippen molar-refractivity contribution in [2.75, 3.05) is 24.6 Å². The summed E-state index contributed by atoms with van der Waals surface area (Å²) in [6.45, 7) is 1.76. The number of aromatic nitrogens is 5. The molecule has 0 amide bonds. The molecule has 7 nitrogen and oxygen atoms in total. The molecule has 0 radical (unpaired) electrons. The maximum absolute atomic E-state index is 13.0. The highest BCUT2D eigenvalue weighted by atomic mass is 19.4. The van der Waals surface area contributed by atoms with E-state index in [9.17, 15) is 13.2 Å². The first-order valence-corrected chi connectivity index (χ1v) is 8.55. The van der Waals surface area contributed by atoms with Crippen molar-refractivity contribution < 1.29 is 18.3 Å². The van der Waals surface area contributed by atoms with Crippen molar-refractivity contribution in [1.29, 1.82) is 0 Å². The molecule has 4 heterocycles. The largest absolute Gasteiger partial charge is 0.434 e. The molecule has 0 saturated carbocycles. The number of fused-ring (bicyclic) bond motifs is 1. The molecule has 1 aliphatic heterocycles. The van der Waals surface area contributed by atoms with Crippen molar-refractivity contribution >= 4 is 11.5 Å². The molecule has 0 aromatic carbocycles. The fraction of sp³-hybridized carbons (Fsp3) is 0.412. The predicted octanol–water partition coefficient (Wildman–Crippen LogP) is 2.41. The van der Waals surface area contributed by atoms with Gasteiger partial charge < -0.3 is 10.0 Å². The molecule has 0 spiro atoms. The van der Waals surface area contributed by atoms with Crippen molar-refractivity contribution in [3.63, 3.8) is 0 Å². The molecule has 1 atom stereocenters. The Morgan fingerprint density at radius 1 is 1.19 bits per heavy atom. The molecular weight excluding hydrogens is 361 g/mol. The van der Waals surface area contributed by atoms with Crippen LogP contribution < -0.4 is 4.90 Å². The Morgan fingerprint density at radius 3 is 2.81 bits per heavy atom. The average Bonchev–Trinajstić information content (AvgIpc) is 3.28. The summed E-state index contributed by atoms with van der Waals surface area (Å²) < 4.78 is 40.2. The molecule has 1 saturated heterocycles. The monoisotopic (exact) mass is 378 g/mol. The third-order valence-corrected chi connectivity index (χ3v) is 4.70. The quantitative estimate of drug-likeness (QED) is 0.751. The molecule has 1 aliphatic rings. The van der Waals surface area contributed by atoms with Gasteiger partial charge >= 0.3 is 6.18 Å². The van der Waals surface area contributed by atoms with Gasteiger partial charge in [0.1, 0.15) is 11.5 Å². The zero-order valence-electron chi connectivity index (χ0n) is 14.3. The van der Waals surface area contributed by atoms with Crippen LogP contribution in [0, 0.1) is 5.92 Å². The number of halogens is 3. The number of alkyl halides is 3. The molecule has 10 heteroatoms. The lowest BCUT2D eigenvalue weighted by Gasteiger charge is -2.17. The minimum absolute atomic E-state index is 0.158. The van der Waals surface area contributed by atoms with Crippen LogP contribution in [0.1, 0.15) is 18.5 Å². The van der Waals surface area contributed by atoms with Gasteiger partial charge in [0.05, 0.1) is 12.4 Å². The molecule has 27 heavy (non-hydrogen) atoms. The van der Waals surface area contributed by atoms with E-state index in [0.29, 0.717) is 23.3 Å². The van der Waals surface area contributed by atoms with Crippen LogP contribution in [0.25, 0.3) is 17.2 Å². The zero-order chi connectivity index (χ0) is 19.0. The Labute approximate surface area is 152 Å². The summed E-state index contributed by atoms with van der Waals surface area (Å²) in [5, 5.41) is 9.09. The van der Waals surface area contributed by atoms with Crippen LogP contribution in [0.15, 0.2) is 30.9 Å². The van der Waals surface area contributed by atoms with Crippen LogP contribution in [0.5, 0.6) is 0 Å². The van der Waals surface area contributed by atoms with E-state index in [-0.39, 0.29) is 12.3 Å². The lowest BCUT2D eigenvalue weighted by atomic mass is 10.1. The molecule has 3 aromatic rings. The molecule has 0 aliphatic carbocycles. The van der Waals surface area contributed by atoms with Crippen LogP contribution in [-0.2, 0) is 6.18 Å². The standard InChI is InChI=1S/C17H17F3N6O/c18-17(19,20)13-10-26-12(7-23-15(26)8-22-13)16-21-4-1-14(24-16)25-5-2-11(9-25)3-6-27/h1,4,7-8,10-11,27H,2-3,5-6,9H2. The van der Waals surface area contributed by atoms with Gasteiger partial charge in [0.2, 0.25) is 0 Å². The smallest absolute Gasteiger partial charge is 0.396 e. The summed E-state index contributed by atoms with van der Waals surface area (Å²) >= 11 is 0. The highest BCUT2D eigenvalue weighted by molar-refractivity contribution is 5.58. The van der Waals surface area contributed by atoms with Crippen LogP contribution in [0.2, 0.25) is 0 Å². The molecule has 142 valence electrons. The maximum atomic E-state index is 13.0. The molecule has 0 bridgehead atoms. The highest BCUT2D eigenvalue weighted by Gasteiger charge is 2.33. The number of nitrogens with zero attached hydrogens (tertiary/aromatic N) is 6. The number of hydrogen-bond donors (Lipinski definition) is 1. The fourth-order valence-corrected chi connectivity index (χ4v) is 3.31. The molecule has 3 aromatic heterocycles. The van der Waals surface area contributed by atoms with Gasteiger partial charge in [-0.05, 0) is 24.8 Å². The van der Waals surface area contributed by atoms with Crippen LogP contribution in [-0.4, -0.2) is 49.1 Å². The minimum Gasteiger partial charge on any atom is -0.396 e. The van der Waals surface area contributed by atoms with E-state index >= 15 is 0 Å². The molecule has 4 rings (SSSR count). The first-order chi connectivity index (χ1) is 13.0. The lowest BCUT2D eigenvalue weighted by Crippen LogP contribution is -2.21. The van der Waals surface area contributed by atoms with Crippen molar-refractivity contribution in [2.24, 2.45) is 5.92 Å². The number of hydrogen-bond acceptors (Lipinski definition) is 6. The van der Waals surface area contributed by atoms with Gasteiger partial charge in [0, 0.05) is 32.1 Å². The summed E-state index contributed by atoms with van der Waals surface area (Å²) in [6.07, 6.45) is 2.18. The van der Waals surface area contributed by atoms with Crippen LogP contribution >= 0.6 is 0 Å². The maximum Gasteiger partial charge on any atom is 0.434 e. The van der Waals surface area contributed by atoms with Gasteiger partial charge in [-0.15, -0.1) is 0 Å². The van der Waals surface area contributed by atoms with Crippen molar-refractivity contribution in [2.45, 2.75) is 19.0 Å². The van der Waals surface area contributed by atoms with E-state index < -0.39 is 11.9 Å². The summed E-state index contributed by atoms with van der Waals surface area (Å²) in [6, 6.07) is 1.77. The van der Waals surface area contributed by atoms with E-state index in [1.165, 1.54) is 10.6 Å². The Morgan fingerprint density at radius 2 is 2.04 bits per heavy atom.